The molecule has 0 aliphatic carbocycles. The van der Waals surface area contributed by atoms with E-state index in [-0.39, 0.29) is 5.97 Å². The number of hydrogen-bond acceptors (Lipinski definition) is 5. The average Bonchev–Trinajstić information content (AvgIpc) is 2.73. The minimum Gasteiger partial charge on any atom is -0.461 e. The van der Waals surface area contributed by atoms with Crippen LogP contribution in [0.25, 0.3) is 0 Å². The van der Waals surface area contributed by atoms with Gasteiger partial charge in [-0.2, -0.15) is 11.8 Å². The summed E-state index contributed by atoms with van der Waals surface area (Å²) >= 11 is 3.60. The lowest BCUT2D eigenvalue weighted by Crippen LogP contribution is -2.07. The Bertz CT molecular complexity index is 397. The molecule has 0 bridgehead atoms. The highest BCUT2D eigenvalue weighted by Gasteiger charge is 2.23. The highest BCUT2D eigenvalue weighted by Crippen LogP contribution is 2.40. The Labute approximate surface area is 110 Å². The van der Waals surface area contributed by atoms with E-state index < -0.39 is 0 Å². The van der Waals surface area contributed by atoms with Crippen LogP contribution in [0.3, 0.4) is 0 Å². The molecule has 5 heteroatoms. The van der Waals surface area contributed by atoms with Crippen LogP contribution in [0.1, 0.15) is 51.8 Å². The van der Waals surface area contributed by atoms with Crippen LogP contribution in [-0.4, -0.2) is 23.3 Å². The van der Waals surface area contributed by atoms with Crippen molar-refractivity contribution in [1.82, 2.24) is 4.98 Å². The van der Waals surface area contributed by atoms with E-state index in [1.165, 1.54) is 25.0 Å². The second kappa shape index (κ2) is 5.87. The Kier molecular flexibility index (Phi) is 4.45. The molecule has 1 aromatic heterocycles. The number of nitrogens with zero attached hydrogens (tertiary/aromatic N) is 1. The molecular formula is C12H17NO2S2. The van der Waals surface area contributed by atoms with Gasteiger partial charge in [0.15, 0.2) is 5.69 Å². The van der Waals surface area contributed by atoms with E-state index in [9.17, 15) is 4.79 Å². The third kappa shape index (κ3) is 3.01. The molecule has 17 heavy (non-hydrogen) atoms. The van der Waals surface area contributed by atoms with Gasteiger partial charge >= 0.3 is 5.97 Å². The van der Waals surface area contributed by atoms with E-state index in [2.05, 4.69) is 4.98 Å². The molecule has 1 unspecified atom stereocenters. The molecule has 1 aliphatic rings. The maximum atomic E-state index is 11.7. The van der Waals surface area contributed by atoms with E-state index in [1.807, 2.05) is 25.6 Å². The third-order valence-electron chi connectivity index (χ3n) is 2.74. The first-order valence-corrected chi connectivity index (χ1v) is 7.85. The van der Waals surface area contributed by atoms with Crippen LogP contribution in [-0.2, 0) is 4.74 Å². The molecule has 1 aliphatic heterocycles. The molecule has 0 N–H and O–H groups in total. The van der Waals surface area contributed by atoms with Crippen LogP contribution >= 0.6 is 23.1 Å². The van der Waals surface area contributed by atoms with Gasteiger partial charge in [-0.25, -0.2) is 9.78 Å². The molecule has 0 amide bonds. The second-order valence-electron chi connectivity index (χ2n) is 4.03. The van der Waals surface area contributed by atoms with Crippen LogP contribution in [0.4, 0.5) is 0 Å². The fraction of sp³-hybridized carbons (Fsp3) is 0.667. The molecule has 0 radical (unpaired) electrons. The number of carbonyl (C=O) groups excluding carboxylic acids is 1. The zero-order valence-corrected chi connectivity index (χ0v) is 11.8. The molecule has 2 rings (SSSR count). The van der Waals surface area contributed by atoms with Gasteiger partial charge < -0.3 is 4.74 Å². The number of aromatic nitrogens is 1. The summed E-state index contributed by atoms with van der Waals surface area (Å²) in [6.45, 7) is 4.17. The van der Waals surface area contributed by atoms with Crippen molar-refractivity contribution in [2.75, 3.05) is 12.4 Å². The van der Waals surface area contributed by atoms with Crippen LogP contribution < -0.4 is 0 Å². The molecular weight excluding hydrogens is 254 g/mol. The summed E-state index contributed by atoms with van der Waals surface area (Å²) in [4.78, 5) is 17.1. The number of aryl methyl sites for hydroxylation is 1. The fourth-order valence-corrected chi connectivity index (χ4v) is 4.34. The van der Waals surface area contributed by atoms with Crippen molar-refractivity contribution >= 4 is 29.1 Å². The van der Waals surface area contributed by atoms with E-state index in [4.69, 9.17) is 4.74 Å². The summed E-state index contributed by atoms with van der Waals surface area (Å²) in [7, 11) is 0. The van der Waals surface area contributed by atoms with Crippen LogP contribution in [0.2, 0.25) is 0 Å². The van der Waals surface area contributed by atoms with Crippen molar-refractivity contribution in [1.29, 1.82) is 0 Å². The van der Waals surface area contributed by atoms with Crippen molar-refractivity contribution in [3.63, 3.8) is 0 Å². The molecule has 0 spiro atoms. The lowest BCUT2D eigenvalue weighted by atomic mass is 10.2. The van der Waals surface area contributed by atoms with Gasteiger partial charge in [0, 0.05) is 4.88 Å². The SMILES string of the molecule is CCOC(=O)c1nc(C2CCCCS2)sc1C. The molecule has 1 fully saturated rings. The molecule has 0 saturated carbocycles. The minimum atomic E-state index is -0.284. The van der Waals surface area contributed by atoms with Gasteiger partial charge in [0.1, 0.15) is 5.01 Å². The smallest absolute Gasteiger partial charge is 0.358 e. The zero-order valence-electron chi connectivity index (χ0n) is 10.2. The Balaban J connectivity index is 2.14. The summed E-state index contributed by atoms with van der Waals surface area (Å²) in [5.41, 5.74) is 0.512. The Morgan fingerprint density at radius 3 is 3.00 bits per heavy atom. The predicted molar refractivity (Wildman–Crippen MR) is 71.9 cm³/mol. The molecule has 0 aromatic carbocycles. The lowest BCUT2D eigenvalue weighted by molar-refractivity contribution is 0.0519. The number of hydrogen-bond donors (Lipinski definition) is 0. The minimum absolute atomic E-state index is 0.284. The molecule has 3 nitrogen and oxygen atoms in total. The predicted octanol–water partition coefficient (Wildman–Crippen LogP) is 3.59. The van der Waals surface area contributed by atoms with Gasteiger partial charge in [-0.3, -0.25) is 0 Å². The summed E-state index contributed by atoms with van der Waals surface area (Å²) in [6, 6.07) is 0. The maximum absolute atomic E-state index is 11.7. The van der Waals surface area contributed by atoms with E-state index >= 15 is 0 Å². The first kappa shape index (κ1) is 12.9. The Morgan fingerprint density at radius 1 is 1.53 bits per heavy atom. The number of ether oxygens (including phenoxy) is 1. The quantitative estimate of drug-likeness (QED) is 0.788. The van der Waals surface area contributed by atoms with Crippen molar-refractivity contribution < 1.29 is 9.53 Å². The fourth-order valence-electron chi connectivity index (χ4n) is 1.88. The van der Waals surface area contributed by atoms with Crippen LogP contribution in [0.15, 0.2) is 0 Å². The van der Waals surface area contributed by atoms with Gasteiger partial charge in [-0.15, -0.1) is 11.3 Å². The van der Waals surface area contributed by atoms with E-state index in [0.717, 1.165) is 9.88 Å². The summed E-state index contributed by atoms with van der Waals surface area (Å²) in [5.74, 6) is 0.922. The maximum Gasteiger partial charge on any atom is 0.358 e. The van der Waals surface area contributed by atoms with Gasteiger partial charge in [0.2, 0.25) is 0 Å². The summed E-state index contributed by atoms with van der Waals surface area (Å²) in [6.07, 6.45) is 3.75. The van der Waals surface area contributed by atoms with Gasteiger partial charge in [0.05, 0.1) is 11.9 Å². The number of carbonyl (C=O) groups is 1. The number of rotatable bonds is 3. The molecule has 1 aromatic rings. The van der Waals surface area contributed by atoms with E-state index in [1.54, 1.807) is 11.3 Å². The van der Waals surface area contributed by atoms with Gasteiger partial charge in [-0.05, 0) is 32.4 Å². The number of thiazole rings is 1. The van der Waals surface area contributed by atoms with Crippen molar-refractivity contribution in [2.24, 2.45) is 0 Å². The Hall–Kier alpha value is -0.550. The van der Waals surface area contributed by atoms with Crippen molar-refractivity contribution in [3.8, 4) is 0 Å². The Morgan fingerprint density at radius 2 is 2.35 bits per heavy atom. The first-order chi connectivity index (χ1) is 8.22. The topological polar surface area (TPSA) is 39.2 Å². The monoisotopic (exact) mass is 271 g/mol. The van der Waals surface area contributed by atoms with Gasteiger partial charge in [0.25, 0.3) is 0 Å². The summed E-state index contributed by atoms with van der Waals surface area (Å²) in [5, 5.41) is 1.57. The normalized spacial score (nSPS) is 20.2. The number of thioether (sulfide) groups is 1. The first-order valence-electron chi connectivity index (χ1n) is 5.98. The standard InChI is InChI=1S/C12H17NO2S2/c1-3-15-12(14)10-8(2)17-11(13-10)9-6-4-5-7-16-9/h9H,3-7H2,1-2H3. The lowest BCUT2D eigenvalue weighted by Gasteiger charge is -2.18. The zero-order chi connectivity index (χ0) is 12.3. The molecule has 1 saturated heterocycles. The molecule has 1 atom stereocenters. The van der Waals surface area contributed by atoms with E-state index in [0.29, 0.717) is 17.6 Å². The highest BCUT2D eigenvalue weighted by atomic mass is 32.2. The third-order valence-corrected chi connectivity index (χ3v) is 5.36. The van der Waals surface area contributed by atoms with Gasteiger partial charge in [-0.1, -0.05) is 6.42 Å². The van der Waals surface area contributed by atoms with Crippen molar-refractivity contribution in [2.45, 2.75) is 38.4 Å². The van der Waals surface area contributed by atoms with Crippen LogP contribution in [0.5, 0.6) is 0 Å². The highest BCUT2D eigenvalue weighted by molar-refractivity contribution is 7.99. The van der Waals surface area contributed by atoms with Crippen LogP contribution in [0, 0.1) is 6.92 Å². The number of esters is 1. The second-order valence-corrected chi connectivity index (χ2v) is 6.58. The summed E-state index contributed by atoms with van der Waals surface area (Å²) < 4.78 is 5.01. The average molecular weight is 271 g/mol. The molecule has 94 valence electrons. The molecule has 2 heterocycles. The van der Waals surface area contributed by atoms with Crippen molar-refractivity contribution in [3.05, 3.63) is 15.6 Å². The largest absolute Gasteiger partial charge is 0.461 e.